The molecule has 0 aliphatic rings. The van der Waals surface area contributed by atoms with E-state index in [2.05, 4.69) is 5.10 Å². The summed E-state index contributed by atoms with van der Waals surface area (Å²) in [7, 11) is -0.0795. The first-order valence-corrected chi connectivity index (χ1v) is 2.53. The zero-order chi connectivity index (χ0) is 5.11. The largest absolute Gasteiger partial charge is 0.304 e. The molecule has 0 saturated heterocycles. The summed E-state index contributed by atoms with van der Waals surface area (Å²) in [6.45, 7) is 0. The Morgan fingerprint density at radius 1 is 1.71 bits per heavy atom. The van der Waals surface area contributed by atoms with Gasteiger partial charge in [0, 0.05) is 12.4 Å². The first-order valence-electron chi connectivity index (χ1n) is 1.77. The minimum atomic E-state index is -0.0795. The van der Waals surface area contributed by atoms with Crippen LogP contribution in [-0.2, 0) is 4.57 Å². The van der Waals surface area contributed by atoms with Crippen LogP contribution < -0.4 is 0 Å². The highest BCUT2D eigenvalue weighted by Crippen LogP contribution is 1.93. The summed E-state index contributed by atoms with van der Waals surface area (Å²) in [4.78, 5) is 0. The van der Waals surface area contributed by atoms with Crippen molar-refractivity contribution in [2.75, 3.05) is 0 Å². The quantitative estimate of drug-likeness (QED) is 0.509. The SMILES string of the molecule is O=Pn1cccn1. The van der Waals surface area contributed by atoms with Gasteiger partial charge in [-0.25, -0.2) is 4.57 Å². The van der Waals surface area contributed by atoms with Crippen molar-refractivity contribution >= 4 is 8.61 Å². The summed E-state index contributed by atoms with van der Waals surface area (Å²) in [5, 5.41) is 3.63. The zero-order valence-corrected chi connectivity index (χ0v) is 4.38. The van der Waals surface area contributed by atoms with Gasteiger partial charge in [-0.3, -0.25) is 0 Å². The lowest BCUT2D eigenvalue weighted by Gasteiger charge is -1.73. The molecule has 0 aliphatic heterocycles. The molecule has 0 radical (unpaired) electrons. The zero-order valence-electron chi connectivity index (χ0n) is 3.48. The summed E-state index contributed by atoms with van der Waals surface area (Å²) in [5.41, 5.74) is 0. The summed E-state index contributed by atoms with van der Waals surface area (Å²) in [6.07, 6.45) is 3.19. The summed E-state index contributed by atoms with van der Waals surface area (Å²) < 4.78 is 11.2. The Kier molecular flexibility index (Phi) is 1.18. The smallest absolute Gasteiger partial charge is 0.247 e. The van der Waals surface area contributed by atoms with Crippen LogP contribution in [0, 0.1) is 0 Å². The van der Waals surface area contributed by atoms with Crippen molar-refractivity contribution in [3.8, 4) is 0 Å². The van der Waals surface area contributed by atoms with Crippen LogP contribution in [0.15, 0.2) is 18.5 Å². The van der Waals surface area contributed by atoms with Gasteiger partial charge in [-0.15, -0.1) is 0 Å². The molecule has 36 valence electrons. The standard InChI is InChI=1S/C3H3N2OP/c6-7-5-3-1-2-4-5/h1-3H. The highest BCUT2D eigenvalue weighted by molar-refractivity contribution is 7.21. The maximum absolute atomic E-state index is 9.87. The van der Waals surface area contributed by atoms with Crippen LogP contribution in [0.5, 0.6) is 0 Å². The Balaban J connectivity index is 2.96. The predicted octanol–water partition coefficient (Wildman–Crippen LogP) is 0.938. The van der Waals surface area contributed by atoms with Crippen molar-refractivity contribution in [2.45, 2.75) is 0 Å². The molecule has 0 amide bonds. The third-order valence-electron chi connectivity index (χ3n) is 0.574. The lowest BCUT2D eigenvalue weighted by Crippen LogP contribution is -1.74. The molecular weight excluding hydrogens is 111 g/mol. The van der Waals surface area contributed by atoms with E-state index in [1.807, 2.05) is 0 Å². The van der Waals surface area contributed by atoms with Gasteiger partial charge in [-0.05, 0) is 6.07 Å². The molecule has 0 aliphatic carbocycles. The predicted molar refractivity (Wildman–Crippen MR) is 25.2 cm³/mol. The van der Waals surface area contributed by atoms with Crippen LogP contribution in [0.4, 0.5) is 0 Å². The van der Waals surface area contributed by atoms with Crippen molar-refractivity contribution in [1.29, 1.82) is 0 Å². The molecule has 0 unspecified atom stereocenters. The Morgan fingerprint density at radius 3 is 2.86 bits per heavy atom. The Labute approximate surface area is 42.2 Å². The molecule has 0 saturated carbocycles. The van der Waals surface area contributed by atoms with E-state index >= 15 is 0 Å². The molecule has 1 rings (SSSR count). The van der Waals surface area contributed by atoms with Crippen molar-refractivity contribution in [3.05, 3.63) is 18.5 Å². The average Bonchev–Trinajstić information content (AvgIpc) is 2.14. The van der Waals surface area contributed by atoms with Gasteiger partial charge < -0.3 is 0 Å². The van der Waals surface area contributed by atoms with E-state index in [1.165, 1.54) is 4.45 Å². The van der Waals surface area contributed by atoms with Crippen molar-refractivity contribution in [2.24, 2.45) is 0 Å². The lowest BCUT2D eigenvalue weighted by atomic mass is 10.8. The van der Waals surface area contributed by atoms with E-state index in [9.17, 15) is 4.57 Å². The molecule has 1 heterocycles. The van der Waals surface area contributed by atoms with Gasteiger partial charge in [-0.2, -0.15) is 9.55 Å². The van der Waals surface area contributed by atoms with Gasteiger partial charge in [0.25, 0.3) is 0 Å². The molecule has 7 heavy (non-hydrogen) atoms. The van der Waals surface area contributed by atoms with Crippen LogP contribution in [0.3, 0.4) is 0 Å². The minimum Gasteiger partial charge on any atom is -0.247 e. The van der Waals surface area contributed by atoms with Crippen molar-refractivity contribution < 1.29 is 4.57 Å². The molecule has 0 fully saturated rings. The molecule has 1 aromatic rings. The van der Waals surface area contributed by atoms with Crippen LogP contribution in [0.25, 0.3) is 0 Å². The monoisotopic (exact) mass is 114 g/mol. The van der Waals surface area contributed by atoms with Crippen molar-refractivity contribution in [1.82, 2.24) is 9.55 Å². The fourth-order valence-electron chi connectivity index (χ4n) is 0.309. The van der Waals surface area contributed by atoms with E-state index in [-0.39, 0.29) is 8.61 Å². The van der Waals surface area contributed by atoms with Gasteiger partial charge in [0.05, 0.1) is 0 Å². The highest BCUT2D eigenvalue weighted by Gasteiger charge is 1.79. The fourth-order valence-corrected chi connectivity index (χ4v) is 0.542. The number of hydrogen-bond donors (Lipinski definition) is 0. The van der Waals surface area contributed by atoms with Gasteiger partial charge in [0.1, 0.15) is 0 Å². The summed E-state index contributed by atoms with van der Waals surface area (Å²) >= 11 is 0. The lowest BCUT2D eigenvalue weighted by molar-refractivity contribution is 0.590. The van der Waals surface area contributed by atoms with Gasteiger partial charge >= 0.3 is 8.61 Å². The van der Waals surface area contributed by atoms with Crippen molar-refractivity contribution in [3.63, 3.8) is 0 Å². The normalized spacial score (nSPS) is 9.71. The second-order valence-electron chi connectivity index (χ2n) is 1.01. The van der Waals surface area contributed by atoms with E-state index < -0.39 is 0 Å². The first-order chi connectivity index (χ1) is 3.43. The molecule has 0 N–H and O–H groups in total. The Hall–Kier alpha value is -0.690. The third-order valence-corrected chi connectivity index (χ3v) is 0.978. The number of aromatic nitrogens is 2. The Morgan fingerprint density at radius 2 is 2.57 bits per heavy atom. The molecule has 0 spiro atoms. The molecule has 1 aromatic heterocycles. The second-order valence-corrected chi connectivity index (χ2v) is 1.58. The van der Waals surface area contributed by atoms with E-state index in [4.69, 9.17) is 0 Å². The molecule has 3 nitrogen and oxygen atoms in total. The van der Waals surface area contributed by atoms with Gasteiger partial charge in [0.2, 0.25) is 0 Å². The summed E-state index contributed by atoms with van der Waals surface area (Å²) in [6, 6.07) is 1.71. The van der Waals surface area contributed by atoms with Crippen LogP contribution >= 0.6 is 8.61 Å². The second kappa shape index (κ2) is 1.85. The van der Waals surface area contributed by atoms with Gasteiger partial charge in [-0.1, -0.05) is 0 Å². The maximum atomic E-state index is 9.87. The van der Waals surface area contributed by atoms with E-state index in [0.717, 1.165) is 0 Å². The van der Waals surface area contributed by atoms with Crippen LogP contribution in [-0.4, -0.2) is 9.55 Å². The molecule has 0 atom stereocenters. The number of hydrogen-bond acceptors (Lipinski definition) is 2. The number of nitrogens with zero attached hydrogens (tertiary/aromatic N) is 2. The number of rotatable bonds is 1. The van der Waals surface area contributed by atoms with E-state index in [0.29, 0.717) is 0 Å². The molecule has 4 heteroatoms. The van der Waals surface area contributed by atoms with Crippen LogP contribution in [0.1, 0.15) is 0 Å². The van der Waals surface area contributed by atoms with Gasteiger partial charge in [0.15, 0.2) is 0 Å². The first kappa shape index (κ1) is 4.47. The molecule has 0 aromatic carbocycles. The average molecular weight is 114 g/mol. The third kappa shape index (κ3) is 0.842. The Bertz CT molecular complexity index is 148. The molecular formula is C3H3N2OP. The van der Waals surface area contributed by atoms with E-state index in [1.54, 1.807) is 18.5 Å². The summed E-state index contributed by atoms with van der Waals surface area (Å²) in [5.74, 6) is 0. The van der Waals surface area contributed by atoms with Crippen LogP contribution in [0.2, 0.25) is 0 Å². The fraction of sp³-hybridized carbons (Fsp3) is 0. The minimum absolute atomic E-state index is 0.0795. The maximum Gasteiger partial charge on any atom is 0.304 e. The highest BCUT2D eigenvalue weighted by atomic mass is 31.1. The molecule has 0 bridgehead atoms. The topological polar surface area (TPSA) is 34.9 Å².